The molecule has 0 aliphatic carbocycles. The molecule has 0 atom stereocenters. The molecule has 27 heavy (non-hydrogen) atoms. The average Bonchev–Trinajstić information content (AvgIpc) is 3.13. The van der Waals surface area contributed by atoms with Crippen LogP contribution < -0.4 is 0 Å². The van der Waals surface area contributed by atoms with Gasteiger partial charge in [-0.3, -0.25) is 0 Å². The topological polar surface area (TPSA) is 43.6 Å². The lowest BCUT2D eigenvalue weighted by molar-refractivity contribution is 0.0526. The fourth-order valence-electron chi connectivity index (χ4n) is 3.25. The lowest BCUT2D eigenvalue weighted by atomic mass is 10.1. The minimum atomic E-state index is -0.296. The molecular formula is C23H20N2O2. The summed E-state index contributed by atoms with van der Waals surface area (Å²) in [4.78, 5) is 16.6. The Morgan fingerprint density at radius 3 is 2.41 bits per heavy atom. The Balaban J connectivity index is 1.78. The van der Waals surface area contributed by atoms with E-state index in [9.17, 15) is 4.79 Å². The van der Waals surface area contributed by atoms with Crippen molar-refractivity contribution in [3.05, 3.63) is 84.2 Å². The van der Waals surface area contributed by atoms with Crippen LogP contribution in [0.25, 0.3) is 28.0 Å². The highest BCUT2D eigenvalue weighted by Gasteiger charge is 2.11. The first kappa shape index (κ1) is 17.0. The molecule has 2 aromatic carbocycles. The summed E-state index contributed by atoms with van der Waals surface area (Å²) < 4.78 is 7.21. The largest absolute Gasteiger partial charge is 0.462 e. The number of fused-ring (bicyclic) bond motifs is 1. The van der Waals surface area contributed by atoms with Crippen LogP contribution in [0.5, 0.6) is 0 Å². The second-order valence-corrected chi connectivity index (χ2v) is 6.35. The maximum Gasteiger partial charge on any atom is 0.338 e. The first-order valence-electron chi connectivity index (χ1n) is 8.99. The van der Waals surface area contributed by atoms with E-state index in [1.165, 1.54) is 0 Å². The Hall–Kier alpha value is -3.40. The zero-order valence-electron chi connectivity index (χ0n) is 15.3. The van der Waals surface area contributed by atoms with Crippen LogP contribution in [-0.2, 0) is 4.74 Å². The summed E-state index contributed by atoms with van der Waals surface area (Å²) in [6, 6.07) is 21.8. The van der Waals surface area contributed by atoms with Crippen LogP contribution in [-0.4, -0.2) is 22.0 Å². The summed E-state index contributed by atoms with van der Waals surface area (Å²) in [6.45, 7) is 4.20. The number of esters is 1. The second-order valence-electron chi connectivity index (χ2n) is 6.35. The molecule has 4 heteroatoms. The van der Waals surface area contributed by atoms with Crippen LogP contribution >= 0.6 is 0 Å². The van der Waals surface area contributed by atoms with E-state index in [1.807, 2.05) is 37.3 Å². The number of hydrogen-bond acceptors (Lipinski definition) is 3. The number of ether oxygens (including phenoxy) is 1. The SMILES string of the molecule is CCOC(=O)c1ccc(-c2ccc3c(C)nc(-c4ccccc4)cn23)cc1. The third-order valence-corrected chi connectivity index (χ3v) is 4.59. The quantitative estimate of drug-likeness (QED) is 0.475. The van der Waals surface area contributed by atoms with Crippen molar-refractivity contribution in [3.8, 4) is 22.5 Å². The molecule has 134 valence electrons. The van der Waals surface area contributed by atoms with Gasteiger partial charge in [0.1, 0.15) is 0 Å². The van der Waals surface area contributed by atoms with Gasteiger partial charge >= 0.3 is 5.97 Å². The summed E-state index contributed by atoms with van der Waals surface area (Å²) >= 11 is 0. The van der Waals surface area contributed by atoms with E-state index in [-0.39, 0.29) is 5.97 Å². The van der Waals surface area contributed by atoms with Crippen molar-refractivity contribution in [2.45, 2.75) is 13.8 Å². The number of nitrogens with zero attached hydrogens (tertiary/aromatic N) is 2. The summed E-state index contributed by atoms with van der Waals surface area (Å²) in [7, 11) is 0. The molecule has 0 fully saturated rings. The van der Waals surface area contributed by atoms with Crippen LogP contribution in [0.1, 0.15) is 23.0 Å². The third kappa shape index (κ3) is 3.22. The summed E-state index contributed by atoms with van der Waals surface area (Å²) in [6.07, 6.45) is 2.06. The van der Waals surface area contributed by atoms with E-state index in [1.54, 1.807) is 19.1 Å². The first-order valence-corrected chi connectivity index (χ1v) is 8.99. The van der Waals surface area contributed by atoms with E-state index in [4.69, 9.17) is 9.72 Å². The minimum absolute atomic E-state index is 0.296. The lowest BCUT2D eigenvalue weighted by Gasteiger charge is -2.09. The van der Waals surface area contributed by atoms with Gasteiger partial charge in [0.15, 0.2) is 0 Å². The van der Waals surface area contributed by atoms with Gasteiger partial charge in [0.2, 0.25) is 0 Å². The molecule has 0 aliphatic rings. The maximum atomic E-state index is 11.9. The molecule has 0 saturated heterocycles. The van der Waals surface area contributed by atoms with Crippen molar-refractivity contribution in [1.29, 1.82) is 0 Å². The number of carbonyl (C=O) groups excluding carboxylic acids is 1. The van der Waals surface area contributed by atoms with Gasteiger partial charge in [0.05, 0.1) is 34.8 Å². The summed E-state index contributed by atoms with van der Waals surface area (Å²) in [5, 5.41) is 0. The minimum Gasteiger partial charge on any atom is -0.462 e. The number of rotatable bonds is 4. The van der Waals surface area contributed by atoms with Crippen LogP contribution in [0.2, 0.25) is 0 Å². The van der Waals surface area contributed by atoms with E-state index in [0.717, 1.165) is 33.7 Å². The summed E-state index contributed by atoms with van der Waals surface area (Å²) in [5.41, 5.74) is 6.71. The number of hydrogen-bond donors (Lipinski definition) is 0. The monoisotopic (exact) mass is 356 g/mol. The normalized spacial score (nSPS) is 10.9. The molecule has 4 nitrogen and oxygen atoms in total. The molecule has 0 N–H and O–H groups in total. The van der Waals surface area contributed by atoms with Crippen LogP contribution in [0, 0.1) is 6.92 Å². The second kappa shape index (κ2) is 7.08. The van der Waals surface area contributed by atoms with E-state index >= 15 is 0 Å². The molecule has 0 aliphatic heterocycles. The van der Waals surface area contributed by atoms with Gasteiger partial charge in [-0.05, 0) is 43.7 Å². The lowest BCUT2D eigenvalue weighted by Crippen LogP contribution is -2.04. The number of aryl methyl sites for hydroxylation is 1. The highest BCUT2D eigenvalue weighted by atomic mass is 16.5. The predicted molar refractivity (Wildman–Crippen MR) is 107 cm³/mol. The van der Waals surface area contributed by atoms with E-state index in [2.05, 4.69) is 34.9 Å². The Labute approximate surface area is 158 Å². The fourth-order valence-corrected chi connectivity index (χ4v) is 3.25. The van der Waals surface area contributed by atoms with E-state index in [0.29, 0.717) is 12.2 Å². The van der Waals surface area contributed by atoms with Crippen LogP contribution in [0.3, 0.4) is 0 Å². The predicted octanol–water partition coefficient (Wildman–Crippen LogP) is 5.15. The van der Waals surface area contributed by atoms with Gasteiger partial charge in [-0.25, -0.2) is 9.78 Å². The molecular weight excluding hydrogens is 336 g/mol. The number of benzene rings is 2. The Morgan fingerprint density at radius 1 is 0.963 bits per heavy atom. The van der Waals surface area contributed by atoms with Crippen molar-refractivity contribution in [1.82, 2.24) is 9.38 Å². The molecule has 4 aromatic rings. The summed E-state index contributed by atoms with van der Waals surface area (Å²) in [5.74, 6) is -0.296. The highest BCUT2D eigenvalue weighted by Crippen LogP contribution is 2.27. The zero-order valence-corrected chi connectivity index (χ0v) is 15.3. The molecule has 2 aromatic heterocycles. The smallest absolute Gasteiger partial charge is 0.338 e. The van der Waals surface area contributed by atoms with Crippen molar-refractivity contribution in [3.63, 3.8) is 0 Å². The Bertz CT molecular complexity index is 1100. The van der Waals surface area contributed by atoms with Gasteiger partial charge in [0.25, 0.3) is 0 Å². The molecule has 0 unspecified atom stereocenters. The molecule has 2 heterocycles. The van der Waals surface area contributed by atoms with Gasteiger partial charge in [-0.15, -0.1) is 0 Å². The van der Waals surface area contributed by atoms with Gasteiger partial charge in [-0.1, -0.05) is 42.5 Å². The fraction of sp³-hybridized carbons (Fsp3) is 0.130. The van der Waals surface area contributed by atoms with Crippen molar-refractivity contribution in [2.24, 2.45) is 0 Å². The zero-order chi connectivity index (χ0) is 18.8. The molecule has 0 radical (unpaired) electrons. The van der Waals surface area contributed by atoms with Crippen molar-refractivity contribution < 1.29 is 9.53 Å². The van der Waals surface area contributed by atoms with Crippen molar-refractivity contribution >= 4 is 11.5 Å². The van der Waals surface area contributed by atoms with Gasteiger partial charge in [0, 0.05) is 11.8 Å². The molecule has 0 amide bonds. The first-order chi connectivity index (χ1) is 13.2. The molecule has 0 spiro atoms. The highest BCUT2D eigenvalue weighted by molar-refractivity contribution is 5.90. The van der Waals surface area contributed by atoms with Crippen LogP contribution in [0.4, 0.5) is 0 Å². The average molecular weight is 356 g/mol. The standard InChI is InChI=1S/C23H20N2O2/c1-3-27-23(26)19-11-9-18(10-12-19)22-14-13-21-16(2)24-20(15-25(21)22)17-7-5-4-6-8-17/h4-15H,3H2,1-2H3. The van der Waals surface area contributed by atoms with E-state index < -0.39 is 0 Å². The maximum absolute atomic E-state index is 11.9. The van der Waals surface area contributed by atoms with Gasteiger partial charge < -0.3 is 9.14 Å². The van der Waals surface area contributed by atoms with Crippen LogP contribution in [0.15, 0.2) is 72.9 Å². The molecule has 0 saturated carbocycles. The Morgan fingerprint density at radius 2 is 1.70 bits per heavy atom. The number of aromatic nitrogens is 2. The number of carbonyl (C=O) groups is 1. The Kier molecular flexibility index (Phi) is 4.47. The van der Waals surface area contributed by atoms with Crippen molar-refractivity contribution in [2.75, 3.05) is 6.61 Å². The molecule has 4 rings (SSSR count). The molecule has 0 bridgehead atoms. The third-order valence-electron chi connectivity index (χ3n) is 4.59. The van der Waals surface area contributed by atoms with Gasteiger partial charge in [-0.2, -0.15) is 0 Å².